The lowest BCUT2D eigenvalue weighted by molar-refractivity contribution is -0.137. The van der Waals surface area contributed by atoms with Gasteiger partial charge in [-0.15, -0.1) is 0 Å². The van der Waals surface area contributed by atoms with Crippen LogP contribution in [0.3, 0.4) is 0 Å². The van der Waals surface area contributed by atoms with E-state index in [-0.39, 0.29) is 11.2 Å². The van der Waals surface area contributed by atoms with Gasteiger partial charge in [0.2, 0.25) is 0 Å². The highest BCUT2D eigenvalue weighted by molar-refractivity contribution is 8.15. The number of hydrogen-bond acceptors (Lipinski definition) is 4. The number of hydrogen-bond donors (Lipinski definition) is 1. The highest BCUT2D eigenvalue weighted by Crippen LogP contribution is 2.24. The van der Waals surface area contributed by atoms with Crippen molar-refractivity contribution >= 4 is 28.6 Å². The van der Waals surface area contributed by atoms with Gasteiger partial charge in [0.05, 0.1) is 6.61 Å². The molecule has 1 aliphatic rings. The Kier molecular flexibility index (Phi) is 4.64. The Morgan fingerprint density at radius 2 is 2.28 bits per heavy atom. The first-order valence-corrected chi connectivity index (χ1v) is 6.87. The zero-order valence-corrected chi connectivity index (χ0v) is 11.1. The SMILES string of the molecule is CCN=C(Nc1ccccc1)SC1CCOC1=O. The zero-order chi connectivity index (χ0) is 12.8. The molecule has 0 saturated carbocycles. The number of aliphatic imine (C=N–C) groups is 1. The molecule has 1 N–H and O–H groups in total. The van der Waals surface area contributed by atoms with Crippen LogP contribution >= 0.6 is 11.8 Å². The molecule has 1 saturated heterocycles. The van der Waals surface area contributed by atoms with Crippen LogP contribution in [0.2, 0.25) is 0 Å². The van der Waals surface area contributed by atoms with Crippen molar-refractivity contribution in [1.29, 1.82) is 0 Å². The fourth-order valence-electron chi connectivity index (χ4n) is 1.61. The van der Waals surface area contributed by atoms with Crippen molar-refractivity contribution in [2.75, 3.05) is 18.5 Å². The Morgan fingerprint density at radius 1 is 1.50 bits per heavy atom. The average molecular weight is 264 g/mol. The van der Waals surface area contributed by atoms with Crippen LogP contribution in [0.1, 0.15) is 13.3 Å². The third kappa shape index (κ3) is 3.50. The molecule has 0 radical (unpaired) electrons. The molecule has 18 heavy (non-hydrogen) atoms. The molecule has 1 aliphatic heterocycles. The average Bonchev–Trinajstić information content (AvgIpc) is 2.77. The molecule has 4 nitrogen and oxygen atoms in total. The maximum absolute atomic E-state index is 11.4. The number of benzene rings is 1. The van der Waals surface area contributed by atoms with E-state index in [1.165, 1.54) is 11.8 Å². The summed E-state index contributed by atoms with van der Waals surface area (Å²) in [6.07, 6.45) is 0.753. The van der Waals surface area contributed by atoms with Gasteiger partial charge < -0.3 is 10.1 Å². The molecular weight excluding hydrogens is 248 g/mol. The minimum atomic E-state index is -0.140. The van der Waals surface area contributed by atoms with Gasteiger partial charge in [-0.3, -0.25) is 9.79 Å². The molecule has 0 amide bonds. The molecule has 5 heteroatoms. The standard InChI is InChI=1S/C13H16N2O2S/c1-2-14-13(15-10-6-4-3-5-7-10)18-11-8-9-17-12(11)16/h3-7,11H,2,8-9H2,1H3,(H,14,15). The molecule has 0 spiro atoms. The largest absolute Gasteiger partial charge is 0.465 e. The van der Waals surface area contributed by atoms with Gasteiger partial charge in [-0.1, -0.05) is 30.0 Å². The number of esters is 1. The summed E-state index contributed by atoms with van der Waals surface area (Å²) in [4.78, 5) is 15.8. The number of rotatable bonds is 3. The first kappa shape index (κ1) is 13.0. The minimum Gasteiger partial charge on any atom is -0.465 e. The molecule has 0 bridgehead atoms. The topological polar surface area (TPSA) is 50.7 Å². The minimum absolute atomic E-state index is 0.133. The Balaban J connectivity index is 2.00. The Morgan fingerprint density at radius 3 is 2.89 bits per heavy atom. The van der Waals surface area contributed by atoms with E-state index >= 15 is 0 Å². The number of amidine groups is 1. The second-order valence-corrected chi connectivity index (χ2v) is 5.02. The van der Waals surface area contributed by atoms with Gasteiger partial charge in [-0.25, -0.2) is 0 Å². The quantitative estimate of drug-likeness (QED) is 0.518. The molecule has 1 unspecified atom stereocenters. The lowest BCUT2D eigenvalue weighted by Gasteiger charge is -2.11. The number of thioether (sulfide) groups is 1. The number of nitrogens with zero attached hydrogens (tertiary/aromatic N) is 1. The Labute approximate surface area is 111 Å². The van der Waals surface area contributed by atoms with Crippen LogP contribution in [0, 0.1) is 0 Å². The van der Waals surface area contributed by atoms with Gasteiger partial charge in [0.15, 0.2) is 5.17 Å². The fourth-order valence-corrected chi connectivity index (χ4v) is 2.64. The monoisotopic (exact) mass is 264 g/mol. The predicted octanol–water partition coefficient (Wildman–Crippen LogP) is 2.52. The van der Waals surface area contributed by atoms with Crippen molar-refractivity contribution in [3.63, 3.8) is 0 Å². The summed E-state index contributed by atoms with van der Waals surface area (Å²) >= 11 is 1.44. The summed E-state index contributed by atoms with van der Waals surface area (Å²) in [5, 5.41) is 3.87. The van der Waals surface area contributed by atoms with Crippen LogP contribution in [-0.2, 0) is 9.53 Å². The molecule has 96 valence electrons. The lowest BCUT2D eigenvalue weighted by atomic mass is 10.3. The maximum atomic E-state index is 11.4. The normalized spacial score (nSPS) is 19.7. The van der Waals surface area contributed by atoms with Gasteiger partial charge in [-0.05, 0) is 19.1 Å². The van der Waals surface area contributed by atoms with Gasteiger partial charge in [-0.2, -0.15) is 0 Å². The van der Waals surface area contributed by atoms with Gasteiger partial charge in [0.25, 0.3) is 0 Å². The lowest BCUT2D eigenvalue weighted by Crippen LogP contribution is -2.17. The number of anilines is 1. The summed E-state index contributed by atoms with van der Waals surface area (Å²) in [6.45, 7) is 3.17. The fraction of sp³-hybridized carbons (Fsp3) is 0.385. The van der Waals surface area contributed by atoms with Crippen LogP contribution in [0.4, 0.5) is 5.69 Å². The predicted molar refractivity (Wildman–Crippen MR) is 75.0 cm³/mol. The number of para-hydroxylation sites is 1. The van der Waals surface area contributed by atoms with E-state index < -0.39 is 0 Å². The summed E-state index contributed by atoms with van der Waals surface area (Å²) in [6, 6.07) is 9.82. The van der Waals surface area contributed by atoms with E-state index in [4.69, 9.17) is 4.74 Å². The van der Waals surface area contributed by atoms with Gasteiger partial charge in [0, 0.05) is 18.7 Å². The van der Waals surface area contributed by atoms with E-state index in [2.05, 4.69) is 10.3 Å². The molecule has 1 aromatic rings. The van der Waals surface area contributed by atoms with Crippen molar-refractivity contribution in [3.8, 4) is 0 Å². The zero-order valence-electron chi connectivity index (χ0n) is 10.3. The smallest absolute Gasteiger partial charge is 0.319 e. The molecule has 2 rings (SSSR count). The number of carbonyl (C=O) groups excluding carboxylic acids is 1. The van der Waals surface area contributed by atoms with Crippen molar-refractivity contribution < 1.29 is 9.53 Å². The Bertz CT molecular complexity index is 434. The molecule has 1 aromatic carbocycles. The molecule has 1 heterocycles. The number of cyclic esters (lactones) is 1. The van der Waals surface area contributed by atoms with Crippen molar-refractivity contribution in [2.24, 2.45) is 4.99 Å². The van der Waals surface area contributed by atoms with Crippen molar-refractivity contribution in [2.45, 2.75) is 18.6 Å². The van der Waals surface area contributed by atoms with E-state index in [0.29, 0.717) is 13.2 Å². The van der Waals surface area contributed by atoms with Crippen molar-refractivity contribution in [1.82, 2.24) is 0 Å². The second kappa shape index (κ2) is 6.44. The highest BCUT2D eigenvalue weighted by atomic mass is 32.2. The van der Waals surface area contributed by atoms with E-state index in [0.717, 1.165) is 17.3 Å². The molecule has 1 fully saturated rings. The first-order chi connectivity index (χ1) is 8.79. The van der Waals surface area contributed by atoms with Crippen LogP contribution in [0.5, 0.6) is 0 Å². The van der Waals surface area contributed by atoms with Crippen molar-refractivity contribution in [3.05, 3.63) is 30.3 Å². The highest BCUT2D eigenvalue weighted by Gasteiger charge is 2.28. The number of nitrogens with one attached hydrogen (secondary N) is 1. The third-order valence-electron chi connectivity index (χ3n) is 2.47. The first-order valence-electron chi connectivity index (χ1n) is 5.99. The maximum Gasteiger partial charge on any atom is 0.319 e. The van der Waals surface area contributed by atoms with Gasteiger partial charge >= 0.3 is 5.97 Å². The molecule has 0 aromatic heterocycles. The summed E-state index contributed by atoms with van der Waals surface area (Å²) in [5.41, 5.74) is 0.976. The van der Waals surface area contributed by atoms with Gasteiger partial charge in [0.1, 0.15) is 5.25 Å². The van der Waals surface area contributed by atoms with E-state index in [9.17, 15) is 4.79 Å². The summed E-state index contributed by atoms with van der Waals surface area (Å²) in [5.74, 6) is -0.140. The van der Waals surface area contributed by atoms with Crippen LogP contribution in [0.25, 0.3) is 0 Å². The van der Waals surface area contributed by atoms with E-state index in [1.54, 1.807) is 0 Å². The third-order valence-corrected chi connectivity index (χ3v) is 3.64. The molecular formula is C13H16N2O2S. The Hall–Kier alpha value is -1.49. The van der Waals surface area contributed by atoms with Crippen LogP contribution in [0.15, 0.2) is 35.3 Å². The van der Waals surface area contributed by atoms with Crippen LogP contribution < -0.4 is 5.32 Å². The molecule has 1 atom stereocenters. The van der Waals surface area contributed by atoms with E-state index in [1.807, 2.05) is 37.3 Å². The summed E-state index contributed by atoms with van der Waals surface area (Å²) in [7, 11) is 0. The second-order valence-electron chi connectivity index (χ2n) is 3.83. The van der Waals surface area contributed by atoms with Crippen LogP contribution in [-0.4, -0.2) is 29.5 Å². The summed E-state index contributed by atoms with van der Waals surface area (Å²) < 4.78 is 4.95. The number of carbonyl (C=O) groups is 1. The molecule has 0 aliphatic carbocycles. The number of ether oxygens (including phenoxy) is 1.